The fourth-order valence-electron chi connectivity index (χ4n) is 4.72. The Labute approximate surface area is 167 Å². The Kier molecular flexibility index (Phi) is 5.58. The highest BCUT2D eigenvalue weighted by molar-refractivity contribution is 5.92. The first kappa shape index (κ1) is 18.9. The van der Waals surface area contributed by atoms with Crippen molar-refractivity contribution in [3.8, 4) is 0 Å². The third-order valence-corrected chi connectivity index (χ3v) is 6.08. The lowest BCUT2D eigenvalue weighted by molar-refractivity contribution is -0.125. The molecule has 0 radical (unpaired) electrons. The highest BCUT2D eigenvalue weighted by Gasteiger charge is 2.42. The molecule has 1 amide bonds. The first-order chi connectivity index (χ1) is 13.6. The van der Waals surface area contributed by atoms with Crippen LogP contribution in [0, 0.1) is 12.3 Å². The van der Waals surface area contributed by atoms with E-state index in [9.17, 15) is 4.79 Å². The van der Waals surface area contributed by atoms with Crippen LogP contribution in [-0.2, 0) is 11.3 Å². The zero-order chi connectivity index (χ0) is 19.4. The van der Waals surface area contributed by atoms with E-state index in [4.69, 9.17) is 0 Å². The molecule has 4 nitrogen and oxygen atoms in total. The maximum Gasteiger partial charge on any atom is 0.246 e. The molecule has 0 aliphatic carbocycles. The number of likely N-dealkylation sites (tertiary alicyclic amines) is 2. The molecule has 1 atom stereocenters. The van der Waals surface area contributed by atoms with Gasteiger partial charge in [-0.2, -0.15) is 0 Å². The lowest BCUT2D eigenvalue weighted by atomic mass is 9.79. The molecule has 0 unspecified atom stereocenters. The molecule has 4 heteroatoms. The van der Waals surface area contributed by atoms with E-state index in [1.165, 1.54) is 24.0 Å². The molecule has 0 saturated carbocycles. The number of pyridine rings is 1. The van der Waals surface area contributed by atoms with Gasteiger partial charge in [-0.1, -0.05) is 35.9 Å². The highest BCUT2D eigenvalue weighted by Crippen LogP contribution is 2.39. The van der Waals surface area contributed by atoms with Gasteiger partial charge < -0.3 is 4.90 Å². The van der Waals surface area contributed by atoms with E-state index in [-0.39, 0.29) is 11.3 Å². The summed E-state index contributed by atoms with van der Waals surface area (Å²) in [6.07, 6.45) is 10.7. The maximum absolute atomic E-state index is 12.7. The smallest absolute Gasteiger partial charge is 0.246 e. The summed E-state index contributed by atoms with van der Waals surface area (Å²) < 4.78 is 0. The van der Waals surface area contributed by atoms with E-state index in [0.29, 0.717) is 0 Å². The molecular weight excluding hydrogens is 346 g/mol. The number of piperidine rings is 1. The van der Waals surface area contributed by atoms with Crippen molar-refractivity contribution in [3.63, 3.8) is 0 Å². The van der Waals surface area contributed by atoms with Gasteiger partial charge in [-0.25, -0.2) is 0 Å². The molecule has 1 aromatic carbocycles. The molecule has 1 spiro atoms. The number of rotatable bonds is 4. The van der Waals surface area contributed by atoms with Crippen molar-refractivity contribution in [1.29, 1.82) is 0 Å². The Balaban J connectivity index is 1.36. The van der Waals surface area contributed by atoms with E-state index >= 15 is 0 Å². The van der Waals surface area contributed by atoms with E-state index in [0.717, 1.165) is 44.7 Å². The minimum atomic E-state index is 0.122. The molecular formula is C24H29N3O. The normalized spacial score (nSPS) is 23.0. The second-order valence-electron chi connectivity index (χ2n) is 8.43. The number of aromatic nitrogens is 1. The topological polar surface area (TPSA) is 36.4 Å². The molecule has 2 saturated heterocycles. The standard InChI is InChI=1S/C24H29N3O/c1-20-5-2-6-22(15-20)17-26-13-4-10-24(18-26)11-14-27(19-24)23(28)9-8-21-7-3-12-25-16-21/h2-3,5-9,12,15-16H,4,10-11,13-14,17-19H2,1H3/b9-8+/t24-/m1/s1. The quantitative estimate of drug-likeness (QED) is 0.760. The Hall–Kier alpha value is -2.46. The van der Waals surface area contributed by atoms with Crippen molar-refractivity contribution in [1.82, 2.24) is 14.8 Å². The minimum Gasteiger partial charge on any atom is -0.339 e. The van der Waals surface area contributed by atoms with Gasteiger partial charge in [0.1, 0.15) is 0 Å². The van der Waals surface area contributed by atoms with E-state index in [1.807, 2.05) is 23.1 Å². The second-order valence-corrected chi connectivity index (χ2v) is 8.43. The van der Waals surface area contributed by atoms with Gasteiger partial charge >= 0.3 is 0 Å². The molecule has 146 valence electrons. The second kappa shape index (κ2) is 8.27. The molecule has 0 bridgehead atoms. The third-order valence-electron chi connectivity index (χ3n) is 6.08. The van der Waals surface area contributed by atoms with Crippen LogP contribution in [0.15, 0.2) is 54.9 Å². The van der Waals surface area contributed by atoms with E-state index in [2.05, 4.69) is 41.1 Å². The minimum absolute atomic E-state index is 0.122. The summed E-state index contributed by atoms with van der Waals surface area (Å²) in [6.45, 7) is 7.17. The lowest BCUT2D eigenvalue weighted by Gasteiger charge is -2.40. The molecule has 2 aliphatic heterocycles. The fourth-order valence-corrected chi connectivity index (χ4v) is 4.72. The van der Waals surface area contributed by atoms with Crippen LogP contribution in [0.5, 0.6) is 0 Å². The molecule has 1 aromatic heterocycles. The maximum atomic E-state index is 12.7. The van der Waals surface area contributed by atoms with Crippen LogP contribution in [0.2, 0.25) is 0 Å². The SMILES string of the molecule is Cc1cccc(CN2CCC[C@@]3(CCN(C(=O)/C=C/c4cccnc4)C3)C2)c1. The molecule has 2 fully saturated rings. The highest BCUT2D eigenvalue weighted by atomic mass is 16.2. The van der Waals surface area contributed by atoms with Gasteiger partial charge in [0.05, 0.1) is 0 Å². The van der Waals surface area contributed by atoms with E-state index in [1.54, 1.807) is 18.5 Å². The molecule has 0 N–H and O–H groups in total. The Morgan fingerprint density at radius 3 is 2.93 bits per heavy atom. The number of hydrogen-bond donors (Lipinski definition) is 0. The number of carbonyl (C=O) groups excluding carboxylic acids is 1. The van der Waals surface area contributed by atoms with Crippen LogP contribution < -0.4 is 0 Å². The van der Waals surface area contributed by atoms with Gasteiger partial charge in [0.25, 0.3) is 0 Å². The van der Waals surface area contributed by atoms with Crippen molar-refractivity contribution < 1.29 is 4.79 Å². The molecule has 3 heterocycles. The van der Waals surface area contributed by atoms with Crippen molar-refractivity contribution in [3.05, 3.63) is 71.6 Å². The average Bonchev–Trinajstić information content (AvgIpc) is 3.10. The largest absolute Gasteiger partial charge is 0.339 e. The van der Waals surface area contributed by atoms with Crippen molar-refractivity contribution in [2.45, 2.75) is 32.7 Å². The summed E-state index contributed by atoms with van der Waals surface area (Å²) in [5, 5.41) is 0. The number of amides is 1. The van der Waals surface area contributed by atoms with Gasteiger partial charge in [0, 0.05) is 50.1 Å². The summed E-state index contributed by atoms with van der Waals surface area (Å²) >= 11 is 0. The average molecular weight is 376 g/mol. The summed E-state index contributed by atoms with van der Waals surface area (Å²) in [6, 6.07) is 12.7. The predicted molar refractivity (Wildman–Crippen MR) is 113 cm³/mol. The summed E-state index contributed by atoms with van der Waals surface area (Å²) in [5.74, 6) is 0.122. The molecule has 2 aromatic rings. The van der Waals surface area contributed by atoms with Crippen LogP contribution in [0.4, 0.5) is 0 Å². The predicted octanol–water partition coefficient (Wildman–Crippen LogP) is 3.92. The van der Waals surface area contributed by atoms with Crippen LogP contribution in [0.25, 0.3) is 6.08 Å². The zero-order valence-electron chi connectivity index (χ0n) is 16.7. The van der Waals surface area contributed by atoms with Crippen LogP contribution in [-0.4, -0.2) is 46.9 Å². The van der Waals surface area contributed by atoms with Gasteiger partial charge in [-0.05, 0) is 56.0 Å². The third kappa shape index (κ3) is 4.50. The number of aryl methyl sites for hydroxylation is 1. The number of hydrogen-bond acceptors (Lipinski definition) is 3. The van der Waals surface area contributed by atoms with Gasteiger partial charge in [0.2, 0.25) is 5.91 Å². The molecule has 2 aliphatic rings. The van der Waals surface area contributed by atoms with Crippen molar-refractivity contribution >= 4 is 12.0 Å². The zero-order valence-corrected chi connectivity index (χ0v) is 16.7. The van der Waals surface area contributed by atoms with Gasteiger partial charge in [-0.3, -0.25) is 14.7 Å². The number of carbonyl (C=O) groups is 1. The van der Waals surface area contributed by atoms with Gasteiger partial charge in [-0.15, -0.1) is 0 Å². The Morgan fingerprint density at radius 2 is 2.11 bits per heavy atom. The fraction of sp³-hybridized carbons (Fsp3) is 0.417. The summed E-state index contributed by atoms with van der Waals surface area (Å²) in [7, 11) is 0. The Morgan fingerprint density at radius 1 is 1.18 bits per heavy atom. The van der Waals surface area contributed by atoms with E-state index < -0.39 is 0 Å². The van der Waals surface area contributed by atoms with Crippen LogP contribution in [0.1, 0.15) is 36.0 Å². The first-order valence-corrected chi connectivity index (χ1v) is 10.3. The summed E-state index contributed by atoms with van der Waals surface area (Å²) in [4.78, 5) is 21.4. The van der Waals surface area contributed by atoms with Gasteiger partial charge in [0.15, 0.2) is 0 Å². The Bertz CT molecular complexity index is 848. The van der Waals surface area contributed by atoms with Crippen molar-refractivity contribution in [2.75, 3.05) is 26.2 Å². The number of nitrogens with zero attached hydrogens (tertiary/aromatic N) is 3. The van der Waals surface area contributed by atoms with Crippen LogP contribution >= 0.6 is 0 Å². The monoisotopic (exact) mass is 375 g/mol. The van der Waals surface area contributed by atoms with Crippen molar-refractivity contribution in [2.24, 2.45) is 5.41 Å². The molecule has 28 heavy (non-hydrogen) atoms. The summed E-state index contributed by atoms with van der Waals surface area (Å²) in [5.41, 5.74) is 3.94. The first-order valence-electron chi connectivity index (χ1n) is 10.3. The lowest BCUT2D eigenvalue weighted by Crippen LogP contribution is -2.44. The van der Waals surface area contributed by atoms with Crippen LogP contribution in [0.3, 0.4) is 0 Å². The number of benzene rings is 1. The molecule has 4 rings (SSSR count).